The Morgan fingerprint density at radius 3 is 2.38 bits per heavy atom. The van der Waals surface area contributed by atoms with Crippen molar-refractivity contribution < 1.29 is 24.9 Å². The molecule has 112 valence electrons. The zero-order chi connectivity index (χ0) is 15.6. The standard InChI is InChI=1S/C15H17NO5/c1-9(18)12-13(10-3-5-11(19)6-4-10)16(7-2-8-17)15(21)14(12)20/h3-6,13,17,19-20H,2,7-8H2,1H3. The summed E-state index contributed by atoms with van der Waals surface area (Å²) in [7, 11) is 0. The number of phenols is 1. The second-order valence-electron chi connectivity index (χ2n) is 4.89. The Hall–Kier alpha value is -2.34. The predicted octanol–water partition coefficient (Wildman–Crippen LogP) is 1.06. The van der Waals surface area contributed by atoms with Crippen LogP contribution in [0.1, 0.15) is 24.9 Å². The number of benzene rings is 1. The van der Waals surface area contributed by atoms with E-state index in [9.17, 15) is 19.8 Å². The summed E-state index contributed by atoms with van der Waals surface area (Å²) in [6, 6.07) is 5.41. The number of phenolic OH excluding ortho intramolecular Hbond substituents is 1. The van der Waals surface area contributed by atoms with Crippen LogP contribution < -0.4 is 0 Å². The van der Waals surface area contributed by atoms with Crippen molar-refractivity contribution in [2.45, 2.75) is 19.4 Å². The van der Waals surface area contributed by atoms with Crippen molar-refractivity contribution in [2.24, 2.45) is 0 Å². The summed E-state index contributed by atoms with van der Waals surface area (Å²) >= 11 is 0. The molecule has 1 unspecified atom stereocenters. The highest BCUT2D eigenvalue weighted by Crippen LogP contribution is 2.37. The average molecular weight is 291 g/mol. The molecule has 6 heteroatoms. The molecule has 0 saturated heterocycles. The summed E-state index contributed by atoms with van der Waals surface area (Å²) in [6.45, 7) is 1.42. The van der Waals surface area contributed by atoms with Gasteiger partial charge < -0.3 is 20.2 Å². The van der Waals surface area contributed by atoms with E-state index in [4.69, 9.17) is 5.11 Å². The van der Waals surface area contributed by atoms with Gasteiger partial charge in [0, 0.05) is 13.2 Å². The molecule has 1 aliphatic heterocycles. The van der Waals surface area contributed by atoms with Crippen molar-refractivity contribution in [2.75, 3.05) is 13.2 Å². The fourth-order valence-corrected chi connectivity index (χ4v) is 2.49. The number of aliphatic hydroxyl groups is 2. The van der Waals surface area contributed by atoms with E-state index >= 15 is 0 Å². The summed E-state index contributed by atoms with van der Waals surface area (Å²) in [6.07, 6.45) is 0.346. The molecule has 1 aromatic rings. The molecule has 0 bridgehead atoms. The van der Waals surface area contributed by atoms with E-state index in [0.717, 1.165) is 0 Å². The first kappa shape index (κ1) is 15.1. The maximum Gasteiger partial charge on any atom is 0.290 e. The lowest BCUT2D eigenvalue weighted by atomic mass is 9.96. The zero-order valence-electron chi connectivity index (χ0n) is 11.6. The molecule has 1 aliphatic rings. The number of aliphatic hydroxyl groups excluding tert-OH is 2. The van der Waals surface area contributed by atoms with Gasteiger partial charge in [0.1, 0.15) is 5.75 Å². The van der Waals surface area contributed by atoms with Crippen LogP contribution in [-0.4, -0.2) is 45.1 Å². The molecule has 0 radical (unpaired) electrons. The van der Waals surface area contributed by atoms with Crippen LogP contribution in [0.3, 0.4) is 0 Å². The lowest BCUT2D eigenvalue weighted by Gasteiger charge is -2.26. The molecule has 0 spiro atoms. The molecule has 2 rings (SSSR count). The molecular formula is C15H17NO5. The number of Topliss-reactive ketones (excluding diaryl/α,β-unsaturated/α-hetero) is 1. The van der Waals surface area contributed by atoms with E-state index in [1.807, 2.05) is 0 Å². The van der Waals surface area contributed by atoms with E-state index in [-0.39, 0.29) is 30.3 Å². The maximum atomic E-state index is 12.1. The molecule has 1 heterocycles. The molecule has 1 aromatic carbocycles. The van der Waals surface area contributed by atoms with Crippen LogP contribution in [0.25, 0.3) is 0 Å². The Balaban J connectivity index is 2.46. The molecule has 6 nitrogen and oxygen atoms in total. The number of carbonyl (C=O) groups is 2. The average Bonchev–Trinajstić information content (AvgIpc) is 2.70. The SMILES string of the molecule is CC(=O)C1=C(O)C(=O)N(CCCO)C1c1ccc(O)cc1. The van der Waals surface area contributed by atoms with Gasteiger partial charge in [0.15, 0.2) is 11.5 Å². The number of hydrogen-bond donors (Lipinski definition) is 3. The van der Waals surface area contributed by atoms with Crippen molar-refractivity contribution >= 4 is 11.7 Å². The van der Waals surface area contributed by atoms with Gasteiger partial charge in [-0.1, -0.05) is 12.1 Å². The number of carbonyl (C=O) groups excluding carboxylic acids is 2. The molecular weight excluding hydrogens is 274 g/mol. The molecule has 0 fully saturated rings. The summed E-state index contributed by atoms with van der Waals surface area (Å²) in [5.41, 5.74) is 0.664. The first-order valence-electron chi connectivity index (χ1n) is 6.62. The van der Waals surface area contributed by atoms with Crippen LogP contribution in [0.5, 0.6) is 5.75 Å². The highest BCUT2D eigenvalue weighted by molar-refractivity contribution is 6.08. The normalized spacial score (nSPS) is 18.5. The highest BCUT2D eigenvalue weighted by atomic mass is 16.3. The van der Waals surface area contributed by atoms with E-state index in [1.165, 1.54) is 24.0 Å². The second-order valence-corrected chi connectivity index (χ2v) is 4.89. The number of nitrogens with zero attached hydrogens (tertiary/aromatic N) is 1. The Kier molecular flexibility index (Phi) is 4.28. The van der Waals surface area contributed by atoms with Crippen LogP contribution in [-0.2, 0) is 9.59 Å². The first-order valence-corrected chi connectivity index (χ1v) is 6.62. The summed E-state index contributed by atoms with van der Waals surface area (Å²) < 4.78 is 0. The molecule has 3 N–H and O–H groups in total. The lowest BCUT2D eigenvalue weighted by molar-refractivity contribution is -0.129. The van der Waals surface area contributed by atoms with Gasteiger partial charge in [-0.15, -0.1) is 0 Å². The van der Waals surface area contributed by atoms with Gasteiger partial charge in [-0.2, -0.15) is 0 Å². The molecule has 1 amide bonds. The van der Waals surface area contributed by atoms with Gasteiger partial charge in [-0.25, -0.2) is 0 Å². The van der Waals surface area contributed by atoms with E-state index in [2.05, 4.69) is 0 Å². The van der Waals surface area contributed by atoms with Gasteiger partial charge >= 0.3 is 0 Å². The van der Waals surface area contributed by atoms with E-state index in [1.54, 1.807) is 12.1 Å². The van der Waals surface area contributed by atoms with Crippen LogP contribution >= 0.6 is 0 Å². The van der Waals surface area contributed by atoms with Crippen molar-refractivity contribution in [1.82, 2.24) is 4.90 Å². The largest absolute Gasteiger partial charge is 0.508 e. The lowest BCUT2D eigenvalue weighted by Crippen LogP contribution is -2.32. The zero-order valence-corrected chi connectivity index (χ0v) is 11.6. The molecule has 0 saturated carbocycles. The van der Waals surface area contributed by atoms with E-state index in [0.29, 0.717) is 12.0 Å². The second kappa shape index (κ2) is 5.97. The summed E-state index contributed by atoms with van der Waals surface area (Å²) in [5, 5.41) is 28.2. The number of hydrogen-bond acceptors (Lipinski definition) is 5. The minimum atomic E-state index is -0.692. The number of ketones is 1. The van der Waals surface area contributed by atoms with Crippen molar-refractivity contribution in [3.05, 3.63) is 41.2 Å². The summed E-state index contributed by atoms with van der Waals surface area (Å²) in [4.78, 5) is 25.2. The van der Waals surface area contributed by atoms with Gasteiger partial charge in [0.2, 0.25) is 0 Å². The maximum absolute atomic E-state index is 12.1. The number of aromatic hydroxyl groups is 1. The summed E-state index contributed by atoms with van der Waals surface area (Å²) in [5.74, 6) is -1.47. The smallest absolute Gasteiger partial charge is 0.290 e. The first-order chi connectivity index (χ1) is 9.97. The third-order valence-corrected chi connectivity index (χ3v) is 3.45. The van der Waals surface area contributed by atoms with E-state index < -0.39 is 17.7 Å². The molecule has 0 aromatic heterocycles. The van der Waals surface area contributed by atoms with Crippen LogP contribution in [0.15, 0.2) is 35.6 Å². The minimum absolute atomic E-state index is 0.0450. The van der Waals surface area contributed by atoms with Gasteiger partial charge in [0.25, 0.3) is 5.91 Å². The third-order valence-electron chi connectivity index (χ3n) is 3.45. The van der Waals surface area contributed by atoms with Crippen LogP contribution in [0, 0.1) is 0 Å². The quantitative estimate of drug-likeness (QED) is 0.753. The van der Waals surface area contributed by atoms with Crippen LogP contribution in [0.4, 0.5) is 0 Å². The minimum Gasteiger partial charge on any atom is -0.508 e. The molecule has 0 aliphatic carbocycles. The topological polar surface area (TPSA) is 98.1 Å². The van der Waals surface area contributed by atoms with Crippen LogP contribution in [0.2, 0.25) is 0 Å². The van der Waals surface area contributed by atoms with Crippen molar-refractivity contribution in [1.29, 1.82) is 0 Å². The molecule has 1 atom stereocenters. The van der Waals surface area contributed by atoms with Gasteiger partial charge in [-0.3, -0.25) is 9.59 Å². The fourth-order valence-electron chi connectivity index (χ4n) is 2.49. The van der Waals surface area contributed by atoms with Crippen molar-refractivity contribution in [3.8, 4) is 5.75 Å². The number of rotatable bonds is 5. The van der Waals surface area contributed by atoms with Gasteiger partial charge in [-0.05, 0) is 31.0 Å². The Morgan fingerprint density at radius 2 is 1.86 bits per heavy atom. The number of amides is 1. The Bertz CT molecular complexity index is 591. The Labute approximate surface area is 121 Å². The van der Waals surface area contributed by atoms with Gasteiger partial charge in [0.05, 0.1) is 11.6 Å². The monoisotopic (exact) mass is 291 g/mol. The third kappa shape index (κ3) is 2.75. The molecule has 21 heavy (non-hydrogen) atoms. The highest BCUT2D eigenvalue weighted by Gasteiger charge is 2.41. The van der Waals surface area contributed by atoms with Crippen molar-refractivity contribution in [3.63, 3.8) is 0 Å². The predicted molar refractivity (Wildman–Crippen MR) is 74.6 cm³/mol. The Morgan fingerprint density at radius 1 is 1.24 bits per heavy atom. The fraction of sp³-hybridized carbons (Fsp3) is 0.333.